The fourth-order valence-electron chi connectivity index (χ4n) is 2.99. The van der Waals surface area contributed by atoms with Crippen molar-refractivity contribution in [3.63, 3.8) is 0 Å². The van der Waals surface area contributed by atoms with E-state index < -0.39 is 12.2 Å². The van der Waals surface area contributed by atoms with Crippen LogP contribution in [0.1, 0.15) is 33.9 Å². The van der Waals surface area contributed by atoms with Crippen LogP contribution in [0.25, 0.3) is 11.0 Å². The fourth-order valence-corrected chi connectivity index (χ4v) is 2.99. The van der Waals surface area contributed by atoms with Gasteiger partial charge in [0.1, 0.15) is 5.76 Å². The third-order valence-corrected chi connectivity index (χ3v) is 4.44. The zero-order valence-electron chi connectivity index (χ0n) is 15.0. The maximum absolute atomic E-state index is 13.2. The molecule has 2 aromatic heterocycles. The number of aryl methyl sites for hydroxylation is 1. The molecule has 0 saturated carbocycles. The number of amides is 1. The van der Waals surface area contributed by atoms with E-state index in [4.69, 9.17) is 4.42 Å². The summed E-state index contributed by atoms with van der Waals surface area (Å²) in [5.74, 6) is -0.0440. The van der Waals surface area contributed by atoms with Gasteiger partial charge in [0.25, 0.3) is 12.3 Å². The monoisotopic (exact) mass is 381 g/mol. The third kappa shape index (κ3) is 3.51. The van der Waals surface area contributed by atoms with Gasteiger partial charge in [0, 0.05) is 11.3 Å². The van der Waals surface area contributed by atoms with E-state index in [9.17, 15) is 13.6 Å². The average molecular weight is 381 g/mol. The van der Waals surface area contributed by atoms with Crippen LogP contribution in [-0.4, -0.2) is 15.9 Å². The van der Waals surface area contributed by atoms with Crippen LogP contribution in [0.5, 0.6) is 0 Å². The molecule has 1 amide bonds. The molecule has 0 aliphatic carbocycles. The SMILES string of the molecule is Cc1ccc(N(Cc2ccco2)C(=O)c2ccc3nc(C(F)F)[nH]c3c2)cc1. The molecule has 1 N–H and O–H groups in total. The van der Waals surface area contributed by atoms with E-state index >= 15 is 0 Å². The van der Waals surface area contributed by atoms with E-state index in [2.05, 4.69) is 9.97 Å². The van der Waals surface area contributed by atoms with Gasteiger partial charge >= 0.3 is 0 Å². The minimum Gasteiger partial charge on any atom is -0.467 e. The minimum absolute atomic E-state index is 0.248. The smallest absolute Gasteiger partial charge is 0.295 e. The first kappa shape index (κ1) is 17.9. The van der Waals surface area contributed by atoms with E-state index in [1.165, 1.54) is 0 Å². The number of anilines is 1. The van der Waals surface area contributed by atoms with Crippen molar-refractivity contribution in [1.82, 2.24) is 9.97 Å². The maximum atomic E-state index is 13.2. The summed E-state index contributed by atoms with van der Waals surface area (Å²) in [5.41, 5.74) is 2.93. The van der Waals surface area contributed by atoms with Crippen molar-refractivity contribution in [3.8, 4) is 0 Å². The van der Waals surface area contributed by atoms with Crippen molar-refractivity contribution >= 4 is 22.6 Å². The Morgan fingerprint density at radius 3 is 2.64 bits per heavy atom. The molecule has 0 aliphatic rings. The number of hydrogen-bond donors (Lipinski definition) is 1. The molecule has 0 unspecified atom stereocenters. The molecule has 2 heterocycles. The molecule has 0 fully saturated rings. The number of alkyl halides is 2. The third-order valence-electron chi connectivity index (χ3n) is 4.44. The number of hydrogen-bond acceptors (Lipinski definition) is 3. The zero-order valence-corrected chi connectivity index (χ0v) is 15.0. The lowest BCUT2D eigenvalue weighted by atomic mass is 10.1. The highest BCUT2D eigenvalue weighted by molar-refractivity contribution is 6.07. The Labute approximate surface area is 159 Å². The Balaban J connectivity index is 1.71. The highest BCUT2D eigenvalue weighted by Crippen LogP contribution is 2.24. The molecule has 0 aliphatic heterocycles. The number of imidazole rings is 1. The number of carbonyl (C=O) groups excluding carboxylic acids is 1. The summed E-state index contributed by atoms with van der Waals surface area (Å²) in [5, 5.41) is 0. The number of carbonyl (C=O) groups is 1. The first-order valence-corrected chi connectivity index (χ1v) is 8.70. The predicted molar refractivity (Wildman–Crippen MR) is 101 cm³/mol. The number of aromatic amines is 1. The molecular weight excluding hydrogens is 364 g/mol. The number of H-pyrrole nitrogens is 1. The molecule has 0 atom stereocenters. The van der Waals surface area contributed by atoms with Crippen LogP contribution in [0.4, 0.5) is 14.5 Å². The number of furan rings is 1. The number of aromatic nitrogens is 2. The fraction of sp³-hybridized carbons (Fsp3) is 0.143. The number of benzene rings is 2. The van der Waals surface area contributed by atoms with Gasteiger partial charge in [-0.1, -0.05) is 17.7 Å². The molecule has 0 spiro atoms. The average Bonchev–Trinajstić information content (AvgIpc) is 3.35. The second-order valence-corrected chi connectivity index (χ2v) is 6.46. The molecule has 142 valence electrons. The van der Waals surface area contributed by atoms with Gasteiger partial charge < -0.3 is 14.3 Å². The Morgan fingerprint density at radius 2 is 1.96 bits per heavy atom. The number of nitrogens with zero attached hydrogens (tertiary/aromatic N) is 2. The first-order valence-electron chi connectivity index (χ1n) is 8.70. The quantitative estimate of drug-likeness (QED) is 0.514. The van der Waals surface area contributed by atoms with Gasteiger partial charge in [-0.2, -0.15) is 0 Å². The second kappa shape index (κ2) is 7.26. The van der Waals surface area contributed by atoms with Crippen molar-refractivity contribution < 1.29 is 18.0 Å². The van der Waals surface area contributed by atoms with Gasteiger partial charge in [0.2, 0.25) is 0 Å². The van der Waals surface area contributed by atoms with Crippen molar-refractivity contribution in [2.24, 2.45) is 0 Å². The van der Waals surface area contributed by atoms with Crippen molar-refractivity contribution in [1.29, 1.82) is 0 Å². The highest BCUT2D eigenvalue weighted by Gasteiger charge is 2.21. The molecule has 0 radical (unpaired) electrons. The predicted octanol–water partition coefficient (Wildman–Crippen LogP) is 5.25. The zero-order chi connectivity index (χ0) is 19.7. The van der Waals surface area contributed by atoms with Gasteiger partial charge in [-0.25, -0.2) is 13.8 Å². The van der Waals surface area contributed by atoms with Crippen LogP contribution < -0.4 is 4.90 Å². The summed E-state index contributed by atoms with van der Waals surface area (Å²) in [6, 6.07) is 15.8. The number of fused-ring (bicyclic) bond motifs is 1. The molecule has 0 bridgehead atoms. The van der Waals surface area contributed by atoms with Crippen LogP contribution in [0.3, 0.4) is 0 Å². The topological polar surface area (TPSA) is 62.1 Å². The summed E-state index contributed by atoms with van der Waals surface area (Å²) in [4.78, 5) is 21.2. The number of nitrogens with one attached hydrogen (secondary N) is 1. The normalized spacial score (nSPS) is 11.3. The molecule has 4 aromatic rings. The van der Waals surface area contributed by atoms with Gasteiger partial charge in [0.15, 0.2) is 5.82 Å². The van der Waals surface area contributed by atoms with Gasteiger partial charge in [-0.3, -0.25) is 4.79 Å². The van der Waals surface area contributed by atoms with E-state index in [1.807, 2.05) is 31.2 Å². The number of rotatable bonds is 5. The lowest BCUT2D eigenvalue weighted by molar-refractivity contribution is 0.0983. The molecule has 7 heteroatoms. The second-order valence-electron chi connectivity index (χ2n) is 6.46. The summed E-state index contributed by atoms with van der Waals surface area (Å²) < 4.78 is 31.2. The van der Waals surface area contributed by atoms with Gasteiger partial charge in [-0.05, 0) is 49.4 Å². The standard InChI is InChI=1S/C21H17F2N3O2/c1-13-4-7-15(8-5-13)26(12-16-3-2-10-28-16)21(27)14-6-9-17-18(11-14)25-20(24-17)19(22)23/h2-11,19H,12H2,1H3,(H,24,25). The van der Waals surface area contributed by atoms with E-state index in [0.29, 0.717) is 28.0 Å². The molecular formula is C21H17F2N3O2. The maximum Gasteiger partial charge on any atom is 0.295 e. The van der Waals surface area contributed by atoms with Crippen LogP contribution >= 0.6 is 0 Å². The van der Waals surface area contributed by atoms with Crippen LogP contribution in [0, 0.1) is 6.92 Å². The van der Waals surface area contributed by atoms with Crippen LogP contribution in [0.2, 0.25) is 0 Å². The van der Waals surface area contributed by atoms with E-state index in [-0.39, 0.29) is 12.5 Å². The largest absolute Gasteiger partial charge is 0.467 e. The molecule has 28 heavy (non-hydrogen) atoms. The molecule has 5 nitrogen and oxygen atoms in total. The highest BCUT2D eigenvalue weighted by atomic mass is 19.3. The first-order chi connectivity index (χ1) is 13.5. The van der Waals surface area contributed by atoms with Gasteiger partial charge in [-0.15, -0.1) is 0 Å². The van der Waals surface area contributed by atoms with Gasteiger partial charge in [0.05, 0.1) is 23.8 Å². The molecule has 4 rings (SSSR count). The lowest BCUT2D eigenvalue weighted by Gasteiger charge is -2.22. The summed E-state index contributed by atoms with van der Waals surface area (Å²) in [7, 11) is 0. The van der Waals surface area contributed by atoms with Crippen molar-refractivity contribution in [2.45, 2.75) is 19.9 Å². The van der Waals surface area contributed by atoms with Crippen LogP contribution in [0.15, 0.2) is 65.3 Å². The Bertz CT molecular complexity index is 1100. The Kier molecular flexibility index (Phi) is 4.65. The lowest BCUT2D eigenvalue weighted by Crippen LogP contribution is -2.30. The van der Waals surface area contributed by atoms with Crippen molar-refractivity contribution in [3.05, 3.63) is 83.6 Å². The Morgan fingerprint density at radius 1 is 1.18 bits per heavy atom. The minimum atomic E-state index is -2.70. The van der Waals surface area contributed by atoms with E-state index in [0.717, 1.165) is 5.56 Å². The Hall–Kier alpha value is -3.48. The molecule has 0 saturated heterocycles. The number of halogens is 2. The van der Waals surface area contributed by atoms with Crippen LogP contribution in [-0.2, 0) is 6.54 Å². The summed E-state index contributed by atoms with van der Waals surface area (Å²) >= 11 is 0. The summed E-state index contributed by atoms with van der Waals surface area (Å²) in [6.07, 6.45) is -1.15. The molecule has 2 aromatic carbocycles. The van der Waals surface area contributed by atoms with Crippen molar-refractivity contribution in [2.75, 3.05) is 4.90 Å². The summed E-state index contributed by atoms with van der Waals surface area (Å²) in [6.45, 7) is 2.22. The van der Waals surface area contributed by atoms with E-state index in [1.54, 1.807) is 41.5 Å².